The first-order valence-corrected chi connectivity index (χ1v) is 6.71. The average molecular weight is 255 g/mol. The van der Waals surface area contributed by atoms with Crippen molar-refractivity contribution in [2.45, 2.75) is 26.7 Å². The summed E-state index contributed by atoms with van der Waals surface area (Å²) in [7, 11) is 0. The van der Waals surface area contributed by atoms with E-state index in [-0.39, 0.29) is 11.8 Å². The Hall–Kier alpha value is -1.17. The molecule has 2 rings (SSSR count). The van der Waals surface area contributed by atoms with E-state index in [1.54, 1.807) is 0 Å². The quantitative estimate of drug-likeness (QED) is 0.888. The van der Waals surface area contributed by atoms with E-state index in [9.17, 15) is 9.90 Å². The molecule has 1 aliphatic heterocycles. The first-order valence-electron chi connectivity index (χ1n) is 5.89. The van der Waals surface area contributed by atoms with Gasteiger partial charge in [-0.15, -0.1) is 10.2 Å². The van der Waals surface area contributed by atoms with E-state index in [1.165, 1.54) is 11.3 Å². The zero-order chi connectivity index (χ0) is 12.4. The lowest BCUT2D eigenvalue weighted by molar-refractivity contribution is -0.142. The highest BCUT2D eigenvalue weighted by Gasteiger charge is 2.38. The number of aliphatic carboxylic acids is 1. The van der Waals surface area contributed by atoms with Gasteiger partial charge >= 0.3 is 5.97 Å². The van der Waals surface area contributed by atoms with Crippen molar-refractivity contribution in [3.8, 4) is 0 Å². The van der Waals surface area contributed by atoms with Gasteiger partial charge in [0.2, 0.25) is 5.13 Å². The number of anilines is 1. The van der Waals surface area contributed by atoms with E-state index in [0.717, 1.165) is 29.5 Å². The van der Waals surface area contributed by atoms with Gasteiger partial charge < -0.3 is 10.0 Å². The highest BCUT2D eigenvalue weighted by atomic mass is 32.1. The van der Waals surface area contributed by atoms with Crippen LogP contribution in [-0.2, 0) is 4.79 Å². The topological polar surface area (TPSA) is 66.3 Å². The van der Waals surface area contributed by atoms with E-state index in [4.69, 9.17) is 0 Å². The number of aromatic nitrogens is 2. The van der Waals surface area contributed by atoms with Crippen molar-refractivity contribution in [1.82, 2.24) is 10.2 Å². The van der Waals surface area contributed by atoms with Crippen LogP contribution in [0.3, 0.4) is 0 Å². The molecule has 6 heteroatoms. The van der Waals surface area contributed by atoms with Gasteiger partial charge in [-0.2, -0.15) is 0 Å². The Labute approximate surface area is 104 Å². The predicted octanol–water partition coefficient (Wildman–Crippen LogP) is 1.78. The molecule has 2 heterocycles. The Kier molecular flexibility index (Phi) is 3.61. The predicted molar refractivity (Wildman–Crippen MR) is 66.4 cm³/mol. The molecule has 0 saturated carbocycles. The standard InChI is InChI=1S/C11H17N3O2S/c1-3-4-8-5-14(6-9(8)10(15)16)11-13-12-7(2)17-11/h8-9H,3-6H2,1-2H3,(H,15,16). The highest BCUT2D eigenvalue weighted by Crippen LogP contribution is 2.32. The molecule has 1 N–H and O–H groups in total. The van der Waals surface area contributed by atoms with E-state index in [1.807, 2.05) is 6.92 Å². The third kappa shape index (κ3) is 2.57. The second-order valence-electron chi connectivity index (χ2n) is 4.50. The summed E-state index contributed by atoms with van der Waals surface area (Å²) >= 11 is 1.53. The van der Waals surface area contributed by atoms with Crippen molar-refractivity contribution in [3.05, 3.63) is 5.01 Å². The monoisotopic (exact) mass is 255 g/mol. The minimum atomic E-state index is -0.688. The molecular formula is C11H17N3O2S. The number of hydrogen-bond acceptors (Lipinski definition) is 5. The molecule has 0 aliphatic carbocycles. The molecule has 1 aliphatic rings. The molecule has 0 amide bonds. The zero-order valence-electron chi connectivity index (χ0n) is 10.1. The Morgan fingerprint density at radius 3 is 2.82 bits per heavy atom. The van der Waals surface area contributed by atoms with Crippen LogP contribution in [0.4, 0.5) is 5.13 Å². The molecule has 1 aromatic rings. The van der Waals surface area contributed by atoms with Crippen LogP contribution in [0.1, 0.15) is 24.8 Å². The fraction of sp³-hybridized carbons (Fsp3) is 0.727. The lowest BCUT2D eigenvalue weighted by atomic mass is 9.92. The molecule has 1 fully saturated rings. The summed E-state index contributed by atoms with van der Waals surface area (Å²) in [6.45, 7) is 5.36. The van der Waals surface area contributed by atoms with Crippen LogP contribution >= 0.6 is 11.3 Å². The Morgan fingerprint density at radius 1 is 1.53 bits per heavy atom. The third-order valence-corrected chi connectivity index (χ3v) is 4.10. The molecule has 2 atom stereocenters. The molecule has 17 heavy (non-hydrogen) atoms. The number of nitrogens with zero attached hydrogens (tertiary/aromatic N) is 3. The maximum absolute atomic E-state index is 11.2. The number of carboxylic acid groups (broad SMARTS) is 1. The van der Waals surface area contributed by atoms with Crippen molar-refractivity contribution in [2.24, 2.45) is 11.8 Å². The van der Waals surface area contributed by atoms with Crippen LogP contribution < -0.4 is 4.90 Å². The smallest absolute Gasteiger partial charge is 0.308 e. The first-order chi connectivity index (χ1) is 8.11. The number of hydrogen-bond donors (Lipinski definition) is 1. The van der Waals surface area contributed by atoms with Crippen molar-refractivity contribution in [2.75, 3.05) is 18.0 Å². The van der Waals surface area contributed by atoms with Gasteiger partial charge in [-0.1, -0.05) is 24.7 Å². The van der Waals surface area contributed by atoms with Gasteiger partial charge in [0.1, 0.15) is 5.01 Å². The molecule has 1 aromatic heterocycles. The summed E-state index contributed by atoms with van der Waals surface area (Å²) in [5.74, 6) is -0.715. The summed E-state index contributed by atoms with van der Waals surface area (Å²) < 4.78 is 0. The molecule has 94 valence electrons. The van der Waals surface area contributed by atoms with E-state index < -0.39 is 5.97 Å². The van der Waals surface area contributed by atoms with Gasteiger partial charge in [0.05, 0.1) is 5.92 Å². The minimum absolute atomic E-state index is 0.238. The normalized spacial score (nSPS) is 24.2. The summed E-state index contributed by atoms with van der Waals surface area (Å²) in [4.78, 5) is 13.3. The summed E-state index contributed by atoms with van der Waals surface area (Å²) in [5.41, 5.74) is 0. The molecular weight excluding hydrogens is 238 g/mol. The fourth-order valence-corrected chi connectivity index (χ4v) is 3.09. The van der Waals surface area contributed by atoms with Gasteiger partial charge in [0, 0.05) is 13.1 Å². The maximum Gasteiger partial charge on any atom is 0.308 e. The van der Waals surface area contributed by atoms with E-state index in [2.05, 4.69) is 22.0 Å². The molecule has 0 bridgehead atoms. The fourth-order valence-electron chi connectivity index (χ4n) is 2.38. The van der Waals surface area contributed by atoms with Crippen LogP contribution in [-0.4, -0.2) is 34.4 Å². The van der Waals surface area contributed by atoms with Gasteiger partial charge in [0.15, 0.2) is 0 Å². The largest absolute Gasteiger partial charge is 0.481 e. The lowest BCUT2D eigenvalue weighted by Crippen LogP contribution is -2.23. The van der Waals surface area contributed by atoms with Crippen LogP contribution in [0.25, 0.3) is 0 Å². The van der Waals surface area contributed by atoms with E-state index >= 15 is 0 Å². The van der Waals surface area contributed by atoms with Crippen LogP contribution in [0.5, 0.6) is 0 Å². The van der Waals surface area contributed by atoms with Gasteiger partial charge in [0.25, 0.3) is 0 Å². The SMILES string of the molecule is CCCC1CN(c2nnc(C)s2)CC1C(=O)O. The third-order valence-electron chi connectivity index (χ3n) is 3.20. The molecule has 1 saturated heterocycles. The highest BCUT2D eigenvalue weighted by molar-refractivity contribution is 7.15. The van der Waals surface area contributed by atoms with Crippen molar-refractivity contribution >= 4 is 22.4 Å². The molecule has 0 aromatic carbocycles. The van der Waals surface area contributed by atoms with Crippen molar-refractivity contribution in [1.29, 1.82) is 0 Å². The van der Waals surface area contributed by atoms with Gasteiger partial charge in [-0.25, -0.2) is 0 Å². The molecule has 0 spiro atoms. The summed E-state index contributed by atoms with van der Waals surface area (Å²) in [6, 6.07) is 0. The molecule has 0 radical (unpaired) electrons. The second-order valence-corrected chi connectivity index (χ2v) is 5.66. The average Bonchev–Trinajstić information content (AvgIpc) is 2.85. The minimum Gasteiger partial charge on any atom is -0.481 e. The Morgan fingerprint density at radius 2 is 2.29 bits per heavy atom. The molecule has 5 nitrogen and oxygen atoms in total. The first kappa shape index (κ1) is 12.3. The number of carbonyl (C=O) groups is 1. The second kappa shape index (κ2) is 5.00. The van der Waals surface area contributed by atoms with Crippen molar-refractivity contribution in [3.63, 3.8) is 0 Å². The lowest BCUT2D eigenvalue weighted by Gasteiger charge is -2.13. The summed E-state index contributed by atoms with van der Waals surface area (Å²) in [5, 5.41) is 19.1. The Balaban J connectivity index is 2.11. The summed E-state index contributed by atoms with van der Waals surface area (Å²) in [6.07, 6.45) is 1.99. The Bertz CT molecular complexity index is 407. The van der Waals surface area contributed by atoms with E-state index in [0.29, 0.717) is 6.54 Å². The van der Waals surface area contributed by atoms with Gasteiger partial charge in [-0.05, 0) is 19.3 Å². The number of aryl methyl sites for hydroxylation is 1. The van der Waals surface area contributed by atoms with Crippen LogP contribution in [0.15, 0.2) is 0 Å². The van der Waals surface area contributed by atoms with Gasteiger partial charge in [-0.3, -0.25) is 4.79 Å². The number of carboxylic acids is 1. The van der Waals surface area contributed by atoms with Crippen molar-refractivity contribution < 1.29 is 9.90 Å². The maximum atomic E-state index is 11.2. The van der Waals surface area contributed by atoms with Crippen LogP contribution in [0, 0.1) is 18.8 Å². The van der Waals surface area contributed by atoms with Crippen LogP contribution in [0.2, 0.25) is 0 Å². The zero-order valence-corrected chi connectivity index (χ0v) is 10.9. The number of rotatable bonds is 4. The molecule has 2 unspecified atom stereocenters.